The Morgan fingerprint density at radius 2 is 2.17 bits per heavy atom. The van der Waals surface area contributed by atoms with Crippen LogP contribution in [-0.4, -0.2) is 45.8 Å². The number of fused-ring (bicyclic) bond motifs is 1. The number of rotatable bonds is 4. The number of aromatic nitrogens is 2. The van der Waals surface area contributed by atoms with Crippen LogP contribution in [0.1, 0.15) is 34.5 Å². The van der Waals surface area contributed by atoms with Crippen LogP contribution in [-0.2, 0) is 10.2 Å². The van der Waals surface area contributed by atoms with Crippen molar-refractivity contribution in [2.45, 2.75) is 31.2 Å². The molecular weight excluding hydrogens is 403 g/mol. The summed E-state index contributed by atoms with van der Waals surface area (Å²) in [4.78, 5) is 34.9. The average Bonchev–Trinajstić information content (AvgIpc) is 3.26. The first kappa shape index (κ1) is 19.0. The van der Waals surface area contributed by atoms with Crippen LogP contribution >= 0.6 is 11.3 Å². The maximum atomic E-state index is 13.8. The largest absolute Gasteiger partial charge is 0.347 e. The molecule has 1 aliphatic heterocycles. The molecular formula is C22H21FN4O2S. The van der Waals surface area contributed by atoms with Crippen molar-refractivity contribution < 1.29 is 14.0 Å². The van der Waals surface area contributed by atoms with E-state index in [2.05, 4.69) is 15.3 Å². The second-order valence-electron chi connectivity index (χ2n) is 8.01. The Hall–Kier alpha value is -3.00. The molecule has 30 heavy (non-hydrogen) atoms. The minimum atomic E-state index is -0.665. The molecule has 1 atom stereocenters. The number of thiazole rings is 1. The van der Waals surface area contributed by atoms with Gasteiger partial charge in [0.25, 0.3) is 5.91 Å². The summed E-state index contributed by atoms with van der Waals surface area (Å²) in [6.07, 6.45) is 5.22. The Morgan fingerprint density at radius 3 is 2.93 bits per heavy atom. The van der Waals surface area contributed by atoms with Crippen molar-refractivity contribution in [3.8, 4) is 0 Å². The van der Waals surface area contributed by atoms with Gasteiger partial charge in [-0.3, -0.25) is 9.59 Å². The smallest absolute Gasteiger partial charge is 0.270 e. The predicted octanol–water partition coefficient (Wildman–Crippen LogP) is 3.30. The highest BCUT2D eigenvalue weighted by molar-refractivity contribution is 7.16. The van der Waals surface area contributed by atoms with Crippen LogP contribution in [0.3, 0.4) is 0 Å². The Morgan fingerprint density at radius 1 is 1.33 bits per heavy atom. The fraction of sp³-hybridized carbons (Fsp3) is 0.318. The van der Waals surface area contributed by atoms with Gasteiger partial charge in [-0.2, -0.15) is 0 Å². The van der Waals surface area contributed by atoms with Crippen LogP contribution in [0.15, 0.2) is 41.9 Å². The first-order valence-electron chi connectivity index (χ1n) is 9.92. The Labute approximate surface area is 176 Å². The van der Waals surface area contributed by atoms with Crippen molar-refractivity contribution in [1.29, 1.82) is 0 Å². The zero-order valence-electron chi connectivity index (χ0n) is 16.4. The number of nitrogens with zero attached hydrogens (tertiary/aromatic N) is 2. The lowest BCUT2D eigenvalue weighted by atomic mass is 9.90. The molecule has 5 rings (SSSR count). The number of hydrogen-bond acceptors (Lipinski definition) is 4. The monoisotopic (exact) mass is 424 g/mol. The van der Waals surface area contributed by atoms with E-state index in [1.54, 1.807) is 16.5 Å². The molecule has 2 N–H and O–H groups in total. The number of aryl methyl sites for hydroxylation is 1. The van der Waals surface area contributed by atoms with Crippen molar-refractivity contribution in [3.63, 3.8) is 0 Å². The van der Waals surface area contributed by atoms with Gasteiger partial charge in [-0.25, -0.2) is 9.37 Å². The molecule has 2 aromatic heterocycles. The number of carbonyl (C=O) groups excluding carboxylic acids is 2. The molecule has 6 nitrogen and oxygen atoms in total. The summed E-state index contributed by atoms with van der Waals surface area (Å²) in [5.74, 6) is -0.556. The van der Waals surface area contributed by atoms with Crippen LogP contribution in [0.2, 0.25) is 0 Å². The number of nitrogens with one attached hydrogen (secondary N) is 2. The Balaban J connectivity index is 1.29. The van der Waals surface area contributed by atoms with Crippen LogP contribution in [0, 0.1) is 12.7 Å². The predicted molar refractivity (Wildman–Crippen MR) is 113 cm³/mol. The number of benzene rings is 1. The lowest BCUT2D eigenvalue weighted by Crippen LogP contribution is -2.49. The van der Waals surface area contributed by atoms with Crippen LogP contribution in [0.25, 0.3) is 10.3 Å². The molecule has 2 amide bonds. The molecule has 2 aliphatic rings. The van der Waals surface area contributed by atoms with Crippen molar-refractivity contribution in [1.82, 2.24) is 20.2 Å². The Bertz CT molecular complexity index is 1150. The molecule has 154 valence electrons. The summed E-state index contributed by atoms with van der Waals surface area (Å²) in [5.41, 5.74) is 3.95. The number of halogens is 1. The van der Waals surface area contributed by atoms with E-state index >= 15 is 0 Å². The molecule has 0 saturated heterocycles. The third kappa shape index (κ3) is 3.21. The molecule has 1 fully saturated rings. The van der Waals surface area contributed by atoms with E-state index in [-0.39, 0.29) is 23.7 Å². The highest BCUT2D eigenvalue weighted by Crippen LogP contribution is 2.49. The summed E-state index contributed by atoms with van der Waals surface area (Å²) in [6.45, 7) is 2.78. The van der Waals surface area contributed by atoms with Crippen LogP contribution in [0.5, 0.6) is 0 Å². The van der Waals surface area contributed by atoms with E-state index in [0.29, 0.717) is 37.3 Å². The first-order valence-corrected chi connectivity index (χ1v) is 10.8. The topological polar surface area (TPSA) is 78.1 Å². The van der Waals surface area contributed by atoms with Gasteiger partial charge in [0.2, 0.25) is 5.91 Å². The third-order valence-electron chi connectivity index (χ3n) is 5.97. The first-order chi connectivity index (χ1) is 14.5. The second-order valence-corrected chi connectivity index (χ2v) is 8.89. The summed E-state index contributed by atoms with van der Waals surface area (Å²) < 4.78 is 14.7. The number of hydrogen-bond donors (Lipinski definition) is 2. The van der Waals surface area contributed by atoms with Gasteiger partial charge in [-0.1, -0.05) is 18.2 Å². The molecule has 1 aromatic carbocycles. The average molecular weight is 425 g/mol. The third-order valence-corrected chi connectivity index (χ3v) is 6.74. The lowest BCUT2D eigenvalue weighted by Gasteiger charge is -2.30. The molecule has 3 aromatic rings. The van der Waals surface area contributed by atoms with E-state index in [9.17, 15) is 14.0 Å². The minimum Gasteiger partial charge on any atom is -0.347 e. The van der Waals surface area contributed by atoms with Gasteiger partial charge in [-0.15, -0.1) is 11.3 Å². The molecule has 8 heteroatoms. The summed E-state index contributed by atoms with van der Waals surface area (Å²) in [7, 11) is 0. The fourth-order valence-electron chi connectivity index (χ4n) is 4.18. The number of aromatic amines is 1. The number of H-pyrrole nitrogens is 1. The van der Waals surface area contributed by atoms with E-state index in [1.807, 2.05) is 25.1 Å². The number of carbonyl (C=O) groups is 2. The summed E-state index contributed by atoms with van der Waals surface area (Å²) in [6, 6.07) is 6.14. The van der Waals surface area contributed by atoms with Gasteiger partial charge in [-0.05, 0) is 49.1 Å². The quantitative estimate of drug-likeness (QED) is 0.631. The van der Waals surface area contributed by atoms with Crippen molar-refractivity contribution in [2.24, 2.45) is 0 Å². The van der Waals surface area contributed by atoms with Crippen LogP contribution < -0.4 is 5.32 Å². The summed E-state index contributed by atoms with van der Waals surface area (Å²) in [5, 5.41) is 3.06. The maximum Gasteiger partial charge on any atom is 0.270 e. The molecule has 1 unspecified atom stereocenters. The fourth-order valence-corrected chi connectivity index (χ4v) is 4.85. The molecule has 1 saturated carbocycles. The molecule has 0 spiro atoms. The summed E-state index contributed by atoms with van der Waals surface area (Å²) >= 11 is 1.48. The Kier molecular flexibility index (Phi) is 4.47. The minimum absolute atomic E-state index is 0.107. The van der Waals surface area contributed by atoms with Crippen molar-refractivity contribution in [2.75, 3.05) is 13.1 Å². The number of amides is 2. The van der Waals surface area contributed by atoms with Gasteiger partial charge in [0.1, 0.15) is 17.2 Å². The molecule has 1 aliphatic carbocycles. The lowest BCUT2D eigenvalue weighted by molar-refractivity contribution is -0.124. The van der Waals surface area contributed by atoms with E-state index < -0.39 is 5.41 Å². The van der Waals surface area contributed by atoms with E-state index in [4.69, 9.17) is 0 Å². The van der Waals surface area contributed by atoms with E-state index in [1.165, 1.54) is 23.5 Å². The maximum absolute atomic E-state index is 13.8. The zero-order chi connectivity index (χ0) is 20.9. The molecule has 0 radical (unpaired) electrons. The normalized spacial score (nSPS) is 19.8. The standard InChI is InChI=1S/C22H21FN4O2S/c1-13-4-5-14(23)9-16(13)22(6-7-22)21(29)25-15-3-2-8-27(11-15)20(28)17-10-18-19(26-17)24-12-30-18/h2-5,9-10,12,15,26H,6-8,11H2,1H3,(H,25,29). The van der Waals surface area contributed by atoms with Gasteiger partial charge in [0, 0.05) is 13.1 Å². The van der Waals surface area contributed by atoms with Gasteiger partial charge in [0.05, 0.1) is 21.7 Å². The second kappa shape index (κ2) is 7.05. The molecule has 0 bridgehead atoms. The SMILES string of the molecule is Cc1ccc(F)cc1C1(C(=O)NC2C=CCN(C(=O)c3cc4scnc4[nH]3)C2)CC1. The molecule has 3 heterocycles. The highest BCUT2D eigenvalue weighted by atomic mass is 32.1. The van der Waals surface area contributed by atoms with Crippen LogP contribution in [0.4, 0.5) is 4.39 Å². The van der Waals surface area contributed by atoms with Gasteiger partial charge >= 0.3 is 0 Å². The zero-order valence-corrected chi connectivity index (χ0v) is 17.3. The van der Waals surface area contributed by atoms with Gasteiger partial charge < -0.3 is 15.2 Å². The van der Waals surface area contributed by atoms with Crippen molar-refractivity contribution in [3.05, 3.63) is 64.6 Å². The van der Waals surface area contributed by atoms with E-state index in [0.717, 1.165) is 15.8 Å². The van der Waals surface area contributed by atoms with Gasteiger partial charge in [0.15, 0.2) is 0 Å². The highest BCUT2D eigenvalue weighted by Gasteiger charge is 2.52. The van der Waals surface area contributed by atoms with Crippen molar-refractivity contribution >= 4 is 33.5 Å².